The number of morpholine rings is 1. The lowest BCUT2D eigenvalue weighted by atomic mass is 10.3. The SMILES string of the molecule is CN(C)S(=O)(=O)N(CC(=O)NCCOc1ccc(S(=O)(=O)N2CCOCC2)cc1)c1ccc(F)cc1. The highest BCUT2D eigenvalue weighted by molar-refractivity contribution is 7.90. The fourth-order valence-electron chi connectivity index (χ4n) is 3.30. The Morgan fingerprint density at radius 1 is 1.03 bits per heavy atom. The Hall–Kier alpha value is -2.78. The maximum absolute atomic E-state index is 13.3. The molecule has 1 fully saturated rings. The van der Waals surface area contributed by atoms with Gasteiger partial charge < -0.3 is 14.8 Å². The molecule has 11 nitrogen and oxygen atoms in total. The lowest BCUT2D eigenvalue weighted by molar-refractivity contribution is -0.119. The van der Waals surface area contributed by atoms with Gasteiger partial charge in [0.15, 0.2) is 0 Å². The summed E-state index contributed by atoms with van der Waals surface area (Å²) >= 11 is 0. The van der Waals surface area contributed by atoms with E-state index in [1.54, 1.807) is 0 Å². The normalized spacial score (nSPS) is 15.0. The van der Waals surface area contributed by atoms with E-state index >= 15 is 0 Å². The minimum absolute atomic E-state index is 0.0677. The third kappa shape index (κ3) is 6.91. The number of benzene rings is 2. The zero-order valence-electron chi connectivity index (χ0n) is 20.0. The summed E-state index contributed by atoms with van der Waals surface area (Å²) in [6, 6.07) is 10.7. The van der Waals surface area contributed by atoms with E-state index in [9.17, 15) is 26.0 Å². The molecule has 0 spiro atoms. The topological polar surface area (TPSA) is 126 Å². The van der Waals surface area contributed by atoms with Gasteiger partial charge in [-0.2, -0.15) is 17.0 Å². The number of amides is 1. The van der Waals surface area contributed by atoms with Crippen LogP contribution in [0.2, 0.25) is 0 Å². The third-order valence-electron chi connectivity index (χ3n) is 5.27. The summed E-state index contributed by atoms with van der Waals surface area (Å²) in [6.07, 6.45) is 0. The number of anilines is 1. The molecule has 14 heteroatoms. The molecule has 1 saturated heterocycles. The number of hydrogen-bond donors (Lipinski definition) is 1. The average Bonchev–Trinajstić information content (AvgIpc) is 2.86. The van der Waals surface area contributed by atoms with Gasteiger partial charge in [0.1, 0.15) is 24.7 Å². The van der Waals surface area contributed by atoms with Gasteiger partial charge in [0.05, 0.1) is 30.3 Å². The Labute approximate surface area is 210 Å². The Morgan fingerprint density at radius 3 is 2.22 bits per heavy atom. The summed E-state index contributed by atoms with van der Waals surface area (Å²) in [6.45, 7) is 0.942. The molecule has 0 bridgehead atoms. The van der Waals surface area contributed by atoms with Crippen LogP contribution in [0.25, 0.3) is 0 Å². The molecule has 2 aromatic carbocycles. The van der Waals surface area contributed by atoms with Gasteiger partial charge in [-0.05, 0) is 48.5 Å². The van der Waals surface area contributed by atoms with Crippen LogP contribution in [0.1, 0.15) is 0 Å². The van der Waals surface area contributed by atoms with Gasteiger partial charge in [-0.25, -0.2) is 17.1 Å². The molecule has 36 heavy (non-hydrogen) atoms. The molecule has 2 aromatic rings. The van der Waals surface area contributed by atoms with Crippen molar-refractivity contribution in [1.29, 1.82) is 0 Å². The zero-order valence-corrected chi connectivity index (χ0v) is 21.6. The van der Waals surface area contributed by atoms with E-state index in [0.717, 1.165) is 20.7 Å². The average molecular weight is 545 g/mol. The maximum atomic E-state index is 13.3. The number of nitrogens with one attached hydrogen (secondary N) is 1. The number of carbonyl (C=O) groups is 1. The number of rotatable bonds is 11. The molecule has 1 N–H and O–H groups in total. The number of hydrogen-bond acceptors (Lipinski definition) is 7. The summed E-state index contributed by atoms with van der Waals surface area (Å²) in [4.78, 5) is 12.6. The summed E-state index contributed by atoms with van der Waals surface area (Å²) in [5.41, 5.74) is 0.142. The maximum Gasteiger partial charge on any atom is 0.304 e. The molecule has 1 aliphatic rings. The van der Waals surface area contributed by atoms with Gasteiger partial charge >= 0.3 is 10.2 Å². The molecule has 198 valence electrons. The number of ether oxygens (including phenoxy) is 2. The molecule has 1 heterocycles. The molecule has 1 aliphatic heterocycles. The molecule has 0 aliphatic carbocycles. The van der Waals surface area contributed by atoms with E-state index in [-0.39, 0.29) is 23.7 Å². The summed E-state index contributed by atoms with van der Waals surface area (Å²) in [5, 5.41) is 2.58. The number of nitrogens with zero attached hydrogens (tertiary/aromatic N) is 3. The van der Waals surface area contributed by atoms with Crippen molar-refractivity contribution in [2.45, 2.75) is 4.90 Å². The van der Waals surface area contributed by atoms with Gasteiger partial charge in [0, 0.05) is 27.2 Å². The van der Waals surface area contributed by atoms with Gasteiger partial charge in [0.2, 0.25) is 15.9 Å². The van der Waals surface area contributed by atoms with Crippen LogP contribution < -0.4 is 14.4 Å². The van der Waals surface area contributed by atoms with Gasteiger partial charge in [-0.3, -0.25) is 4.79 Å². The first-order valence-electron chi connectivity index (χ1n) is 11.0. The smallest absolute Gasteiger partial charge is 0.304 e. The number of sulfonamides is 1. The van der Waals surface area contributed by atoms with Crippen LogP contribution in [0, 0.1) is 5.82 Å². The molecule has 0 unspecified atom stereocenters. The predicted octanol–water partition coefficient (Wildman–Crippen LogP) is 0.655. The van der Waals surface area contributed by atoms with Gasteiger partial charge in [-0.1, -0.05) is 0 Å². The van der Waals surface area contributed by atoms with Crippen molar-refractivity contribution in [1.82, 2.24) is 13.9 Å². The van der Waals surface area contributed by atoms with Gasteiger partial charge in [-0.15, -0.1) is 0 Å². The van der Waals surface area contributed by atoms with Crippen LogP contribution in [0.3, 0.4) is 0 Å². The highest BCUT2D eigenvalue weighted by atomic mass is 32.2. The molecule has 3 rings (SSSR count). The van der Waals surface area contributed by atoms with E-state index in [1.807, 2.05) is 0 Å². The number of halogens is 1. The minimum Gasteiger partial charge on any atom is -0.492 e. The molecule has 0 atom stereocenters. The predicted molar refractivity (Wildman–Crippen MR) is 131 cm³/mol. The minimum atomic E-state index is -4.01. The van der Waals surface area contributed by atoms with Crippen molar-refractivity contribution in [2.75, 3.05) is 64.4 Å². The Kier molecular flexibility index (Phi) is 9.24. The lowest BCUT2D eigenvalue weighted by Crippen LogP contribution is -2.46. The quantitative estimate of drug-likeness (QED) is 0.412. The second kappa shape index (κ2) is 12.0. The van der Waals surface area contributed by atoms with E-state index in [2.05, 4.69) is 5.32 Å². The summed E-state index contributed by atoms with van der Waals surface area (Å²) in [7, 11) is -4.96. The first-order chi connectivity index (χ1) is 17.0. The van der Waals surface area contributed by atoms with Crippen molar-refractivity contribution >= 4 is 31.8 Å². The van der Waals surface area contributed by atoms with Crippen LogP contribution in [0.4, 0.5) is 10.1 Å². The molecule has 0 aromatic heterocycles. The van der Waals surface area contributed by atoms with Gasteiger partial charge in [0.25, 0.3) is 0 Å². The van der Waals surface area contributed by atoms with Crippen molar-refractivity contribution < 1.29 is 35.5 Å². The van der Waals surface area contributed by atoms with E-state index in [4.69, 9.17) is 9.47 Å². The molecule has 0 radical (unpaired) electrons. The fraction of sp³-hybridized carbons (Fsp3) is 0.409. The van der Waals surface area contributed by atoms with E-state index in [1.165, 1.54) is 54.8 Å². The molecular formula is C22H29FN4O7S2. The number of carbonyl (C=O) groups excluding carboxylic acids is 1. The zero-order chi connectivity index (χ0) is 26.3. The van der Waals surface area contributed by atoms with Crippen LogP contribution in [-0.4, -0.2) is 91.4 Å². The van der Waals surface area contributed by atoms with Crippen LogP contribution in [0.15, 0.2) is 53.4 Å². The lowest BCUT2D eigenvalue weighted by Gasteiger charge is -2.26. The fourth-order valence-corrected chi connectivity index (χ4v) is 5.77. The van der Waals surface area contributed by atoms with E-state index < -0.39 is 38.5 Å². The molecular weight excluding hydrogens is 515 g/mol. The second-order valence-corrected chi connectivity index (χ2v) is 12.0. The first-order valence-corrected chi connectivity index (χ1v) is 13.9. The van der Waals surface area contributed by atoms with Crippen molar-refractivity contribution in [3.8, 4) is 5.75 Å². The largest absolute Gasteiger partial charge is 0.492 e. The second-order valence-electron chi connectivity index (χ2n) is 7.96. The highest BCUT2D eigenvalue weighted by Gasteiger charge is 2.28. The van der Waals surface area contributed by atoms with Crippen LogP contribution in [-0.2, 0) is 29.8 Å². The van der Waals surface area contributed by atoms with Crippen molar-refractivity contribution in [3.63, 3.8) is 0 Å². The van der Waals surface area contributed by atoms with Crippen LogP contribution >= 0.6 is 0 Å². The van der Waals surface area contributed by atoms with Crippen molar-refractivity contribution in [3.05, 3.63) is 54.3 Å². The standard InChI is InChI=1S/C22H29FN4O7S2/c1-25(2)36(31,32)27(19-5-3-18(23)4-6-19)17-22(28)24-11-14-34-20-7-9-21(10-8-20)35(29,30)26-12-15-33-16-13-26/h3-10H,11-17H2,1-2H3,(H,24,28). The Balaban J connectivity index is 1.53. The Morgan fingerprint density at radius 2 is 1.64 bits per heavy atom. The molecule has 1 amide bonds. The monoisotopic (exact) mass is 544 g/mol. The first kappa shape index (κ1) is 27.8. The van der Waals surface area contributed by atoms with Crippen LogP contribution in [0.5, 0.6) is 5.75 Å². The summed E-state index contributed by atoms with van der Waals surface area (Å²) < 4.78 is 77.9. The van der Waals surface area contributed by atoms with Crippen molar-refractivity contribution in [2.24, 2.45) is 0 Å². The highest BCUT2D eigenvalue weighted by Crippen LogP contribution is 2.21. The van der Waals surface area contributed by atoms with E-state index in [0.29, 0.717) is 32.1 Å². The Bertz CT molecular complexity index is 1230. The molecule has 0 saturated carbocycles. The summed E-state index contributed by atoms with van der Waals surface area (Å²) in [5.74, 6) is -0.706. The third-order valence-corrected chi connectivity index (χ3v) is 9.00.